The fourth-order valence-electron chi connectivity index (χ4n) is 4.34. The number of benzene rings is 1. The first kappa shape index (κ1) is 21.1. The molecular weight excluding hydrogens is 442 g/mol. The molecule has 3 heterocycles. The Morgan fingerprint density at radius 2 is 1.75 bits per heavy atom. The Morgan fingerprint density at radius 3 is 2.53 bits per heavy atom. The second-order valence-corrected chi connectivity index (χ2v) is 9.53. The minimum absolute atomic E-state index is 0.247. The average Bonchev–Trinajstić information content (AvgIpc) is 3.16. The number of nitrogens with two attached hydrogens (primary N) is 2. The van der Waals surface area contributed by atoms with Crippen LogP contribution in [-0.4, -0.2) is 26.0 Å². The van der Waals surface area contributed by atoms with Gasteiger partial charge in [0.2, 0.25) is 5.95 Å². The lowest BCUT2D eigenvalue weighted by Gasteiger charge is -2.29. The second kappa shape index (κ2) is 8.97. The third-order valence-corrected chi connectivity index (χ3v) is 6.97. The van der Waals surface area contributed by atoms with Crippen molar-refractivity contribution in [3.63, 3.8) is 0 Å². The lowest BCUT2D eigenvalue weighted by Crippen LogP contribution is -2.27. The zero-order valence-corrected chi connectivity index (χ0v) is 19.0. The molecule has 1 fully saturated rings. The van der Waals surface area contributed by atoms with E-state index in [2.05, 4.69) is 37.4 Å². The summed E-state index contributed by atoms with van der Waals surface area (Å²) >= 11 is 7.48. The number of thiazole rings is 1. The molecule has 0 saturated heterocycles. The van der Waals surface area contributed by atoms with E-state index in [-0.39, 0.29) is 12.0 Å². The molecule has 4 aromatic rings. The maximum absolute atomic E-state index is 6.18. The van der Waals surface area contributed by atoms with Crippen LogP contribution in [0.5, 0.6) is 0 Å². The van der Waals surface area contributed by atoms with Crippen LogP contribution in [-0.2, 0) is 6.42 Å². The summed E-state index contributed by atoms with van der Waals surface area (Å²) in [6.07, 6.45) is 4.67. The third-order valence-electron chi connectivity index (χ3n) is 5.88. The van der Waals surface area contributed by atoms with E-state index >= 15 is 0 Å². The number of hydrogen-bond donors (Lipinski definition) is 3. The van der Waals surface area contributed by atoms with Crippen LogP contribution in [0.1, 0.15) is 48.4 Å². The van der Waals surface area contributed by atoms with E-state index in [4.69, 9.17) is 23.1 Å². The van der Waals surface area contributed by atoms with Crippen LogP contribution in [0.25, 0.3) is 10.3 Å². The molecule has 0 unspecified atom stereocenters. The van der Waals surface area contributed by atoms with Gasteiger partial charge < -0.3 is 16.8 Å². The van der Waals surface area contributed by atoms with Gasteiger partial charge in [0.15, 0.2) is 5.13 Å². The summed E-state index contributed by atoms with van der Waals surface area (Å²) < 4.78 is 0. The number of pyridine rings is 1. The molecule has 1 aromatic carbocycles. The molecule has 0 atom stereocenters. The predicted molar refractivity (Wildman–Crippen MR) is 131 cm³/mol. The van der Waals surface area contributed by atoms with Gasteiger partial charge in [0.05, 0.1) is 5.69 Å². The van der Waals surface area contributed by atoms with Crippen molar-refractivity contribution in [2.24, 2.45) is 5.73 Å². The van der Waals surface area contributed by atoms with Gasteiger partial charge in [-0.15, -0.1) is 0 Å². The Bertz CT molecular complexity index is 1240. The zero-order valence-electron chi connectivity index (χ0n) is 17.5. The standard InChI is InChI=1S/C23H24ClN7S/c24-18-11-10-16-21(29-18)32-23(28-16)31-20-19(14-6-8-15(25)9-7-14)17(27-22(26)30-20)12-13-4-2-1-3-5-13/h1-5,10-11,14-15H,6-9,12,25H2,(H3,26,27,28,30,31). The maximum Gasteiger partial charge on any atom is 0.222 e. The maximum atomic E-state index is 6.18. The van der Waals surface area contributed by atoms with Gasteiger partial charge in [-0.05, 0) is 49.3 Å². The molecule has 164 valence electrons. The number of nitrogens with zero attached hydrogens (tertiary/aromatic N) is 4. The molecule has 9 heteroatoms. The van der Waals surface area contributed by atoms with Gasteiger partial charge in [-0.25, -0.2) is 15.0 Å². The topological polar surface area (TPSA) is 116 Å². The monoisotopic (exact) mass is 465 g/mol. The van der Waals surface area contributed by atoms with Crippen LogP contribution in [0.2, 0.25) is 5.15 Å². The summed E-state index contributed by atoms with van der Waals surface area (Å²) in [5.41, 5.74) is 16.4. The number of aromatic nitrogens is 4. The molecule has 0 bridgehead atoms. The summed E-state index contributed by atoms with van der Waals surface area (Å²) in [7, 11) is 0. The molecule has 1 saturated carbocycles. The molecule has 5 rings (SSSR count). The Morgan fingerprint density at radius 1 is 0.969 bits per heavy atom. The molecule has 5 N–H and O–H groups in total. The molecule has 0 spiro atoms. The highest BCUT2D eigenvalue weighted by Gasteiger charge is 2.27. The SMILES string of the molecule is Nc1nc(Cc2ccccc2)c(C2CCC(N)CC2)c(Nc2nc3ccc(Cl)nc3s2)n1. The number of nitrogens with one attached hydrogen (secondary N) is 1. The zero-order chi connectivity index (χ0) is 22.1. The number of nitrogen functional groups attached to an aromatic ring is 1. The molecule has 1 aliphatic carbocycles. The van der Waals surface area contributed by atoms with Gasteiger partial charge in [0.1, 0.15) is 21.3 Å². The molecule has 1 aliphatic rings. The summed E-state index contributed by atoms with van der Waals surface area (Å²) in [5, 5.41) is 4.57. The molecule has 32 heavy (non-hydrogen) atoms. The minimum atomic E-state index is 0.247. The highest BCUT2D eigenvalue weighted by molar-refractivity contribution is 7.21. The van der Waals surface area contributed by atoms with Crippen molar-refractivity contribution in [3.8, 4) is 0 Å². The van der Waals surface area contributed by atoms with Crippen molar-refractivity contribution < 1.29 is 0 Å². The first-order valence-electron chi connectivity index (χ1n) is 10.7. The molecule has 0 radical (unpaired) electrons. The third kappa shape index (κ3) is 4.53. The lowest BCUT2D eigenvalue weighted by atomic mass is 9.80. The van der Waals surface area contributed by atoms with E-state index < -0.39 is 0 Å². The van der Waals surface area contributed by atoms with Gasteiger partial charge >= 0.3 is 0 Å². The summed E-state index contributed by atoms with van der Waals surface area (Å²) in [6, 6.07) is 14.2. The smallest absolute Gasteiger partial charge is 0.222 e. The van der Waals surface area contributed by atoms with E-state index in [1.54, 1.807) is 6.07 Å². The van der Waals surface area contributed by atoms with Crippen molar-refractivity contribution >= 4 is 50.2 Å². The van der Waals surface area contributed by atoms with Gasteiger partial charge in [0, 0.05) is 18.0 Å². The molecule has 0 aliphatic heterocycles. The van der Waals surface area contributed by atoms with E-state index in [1.807, 2.05) is 24.3 Å². The van der Waals surface area contributed by atoms with Crippen LogP contribution >= 0.6 is 22.9 Å². The van der Waals surface area contributed by atoms with E-state index in [9.17, 15) is 0 Å². The van der Waals surface area contributed by atoms with Crippen molar-refractivity contribution in [2.75, 3.05) is 11.1 Å². The first-order valence-corrected chi connectivity index (χ1v) is 11.9. The van der Waals surface area contributed by atoms with Gasteiger partial charge in [-0.1, -0.05) is 53.3 Å². The van der Waals surface area contributed by atoms with Crippen molar-refractivity contribution in [1.29, 1.82) is 0 Å². The largest absolute Gasteiger partial charge is 0.368 e. The lowest BCUT2D eigenvalue weighted by molar-refractivity contribution is 0.394. The number of anilines is 3. The predicted octanol–water partition coefficient (Wildman–Crippen LogP) is 5.04. The Hall–Kier alpha value is -2.81. The summed E-state index contributed by atoms with van der Waals surface area (Å²) in [6.45, 7) is 0. The minimum Gasteiger partial charge on any atom is -0.368 e. The van der Waals surface area contributed by atoms with E-state index in [0.29, 0.717) is 28.4 Å². The fourth-order valence-corrected chi connectivity index (χ4v) is 5.38. The highest BCUT2D eigenvalue weighted by Crippen LogP contribution is 2.39. The van der Waals surface area contributed by atoms with Gasteiger partial charge in [0.25, 0.3) is 0 Å². The summed E-state index contributed by atoms with van der Waals surface area (Å²) in [5.74, 6) is 1.28. The average molecular weight is 466 g/mol. The van der Waals surface area contributed by atoms with Gasteiger partial charge in [-0.2, -0.15) is 4.98 Å². The quantitative estimate of drug-likeness (QED) is 0.353. The Balaban J connectivity index is 1.56. The van der Waals surface area contributed by atoms with Crippen LogP contribution < -0.4 is 16.8 Å². The molecule has 3 aromatic heterocycles. The van der Waals surface area contributed by atoms with E-state index in [1.165, 1.54) is 16.9 Å². The van der Waals surface area contributed by atoms with E-state index in [0.717, 1.165) is 47.3 Å². The summed E-state index contributed by atoms with van der Waals surface area (Å²) in [4.78, 5) is 19.1. The fraction of sp³-hybridized carbons (Fsp3) is 0.304. The van der Waals surface area contributed by atoms with Crippen LogP contribution in [0.3, 0.4) is 0 Å². The Labute approximate surface area is 195 Å². The Kier molecular flexibility index (Phi) is 5.91. The second-order valence-electron chi connectivity index (χ2n) is 8.17. The highest BCUT2D eigenvalue weighted by atomic mass is 35.5. The van der Waals surface area contributed by atoms with Crippen molar-refractivity contribution in [3.05, 3.63) is 64.4 Å². The number of rotatable bonds is 5. The number of fused-ring (bicyclic) bond motifs is 1. The van der Waals surface area contributed by atoms with Crippen LogP contribution in [0.4, 0.5) is 16.9 Å². The van der Waals surface area contributed by atoms with Crippen molar-refractivity contribution in [2.45, 2.75) is 44.1 Å². The number of hydrogen-bond acceptors (Lipinski definition) is 8. The molecule has 0 amide bonds. The number of halogens is 1. The first-order chi connectivity index (χ1) is 15.5. The van der Waals surface area contributed by atoms with Crippen molar-refractivity contribution in [1.82, 2.24) is 19.9 Å². The van der Waals surface area contributed by atoms with Gasteiger partial charge in [-0.3, -0.25) is 0 Å². The van der Waals surface area contributed by atoms with Crippen LogP contribution in [0.15, 0.2) is 42.5 Å². The molecule has 7 nitrogen and oxygen atoms in total. The van der Waals surface area contributed by atoms with Crippen LogP contribution in [0, 0.1) is 0 Å². The normalized spacial score (nSPS) is 18.7. The molecular formula is C23H24ClN7S.